The molecule has 0 radical (unpaired) electrons. The number of methoxy groups -OCH3 is 3. The molecule has 0 saturated carbocycles. The molecule has 24 heteroatoms. The Hall–Kier alpha value is -7.35. The fraction of sp³-hybridized carbons (Fsp3) is 0.0769. The Labute approximate surface area is 358 Å². The zero-order chi connectivity index (χ0) is 45.9. The number of hydrogen-bond donors (Lipinski definition) is 5. The lowest BCUT2D eigenvalue weighted by molar-refractivity contribution is -0.385. The summed E-state index contributed by atoms with van der Waals surface area (Å²) < 4.78 is 120. The minimum atomic E-state index is -4.98. The number of nitro benzene ring substituents is 1. The van der Waals surface area contributed by atoms with Crippen molar-refractivity contribution in [2.45, 2.75) is 14.7 Å². The largest absolute Gasteiger partial charge is 0.505 e. The van der Waals surface area contributed by atoms with Gasteiger partial charge in [-0.1, -0.05) is 18.2 Å². The van der Waals surface area contributed by atoms with Gasteiger partial charge in [0.15, 0.2) is 5.75 Å². The molecule has 6 aromatic carbocycles. The lowest BCUT2D eigenvalue weighted by Crippen LogP contribution is -2.02. The second kappa shape index (κ2) is 17.9. The predicted octanol–water partition coefficient (Wildman–Crippen LogP) is 8.96. The maximum atomic E-state index is 12.6. The van der Waals surface area contributed by atoms with Crippen molar-refractivity contribution in [3.63, 3.8) is 0 Å². The average Bonchev–Trinajstić information content (AvgIpc) is 3.23. The zero-order valence-corrected chi connectivity index (χ0v) is 35.1. The van der Waals surface area contributed by atoms with Gasteiger partial charge in [0, 0.05) is 41.0 Å². The van der Waals surface area contributed by atoms with Crippen LogP contribution in [-0.4, -0.2) is 70.3 Å². The van der Waals surface area contributed by atoms with Gasteiger partial charge in [-0.05, 0) is 83.2 Å². The van der Waals surface area contributed by atoms with Crippen molar-refractivity contribution >= 4 is 93.1 Å². The van der Waals surface area contributed by atoms with Gasteiger partial charge in [-0.15, -0.1) is 15.3 Å². The molecule has 0 fully saturated rings. The molecule has 0 unspecified atom stereocenters. The second-order valence-electron chi connectivity index (χ2n) is 12.9. The van der Waals surface area contributed by atoms with Gasteiger partial charge in [0.05, 0.1) is 31.9 Å². The van der Waals surface area contributed by atoms with E-state index in [1.54, 1.807) is 36.4 Å². The van der Waals surface area contributed by atoms with Crippen LogP contribution in [0.1, 0.15) is 11.1 Å². The minimum absolute atomic E-state index is 0.00424. The van der Waals surface area contributed by atoms with Crippen molar-refractivity contribution in [1.29, 1.82) is 0 Å². The number of ether oxygens (including phenoxy) is 3. The first kappa shape index (κ1) is 45.2. The van der Waals surface area contributed by atoms with Crippen LogP contribution in [-0.2, 0) is 30.4 Å². The van der Waals surface area contributed by atoms with Crippen LogP contribution in [0.15, 0.2) is 132 Å². The molecular formula is C39H32N6O15S3. The van der Waals surface area contributed by atoms with Gasteiger partial charge in [-0.2, -0.15) is 30.4 Å². The third-order valence-electron chi connectivity index (χ3n) is 8.92. The van der Waals surface area contributed by atoms with E-state index in [1.807, 2.05) is 0 Å². The standard InChI is InChI=1S/C39H32N6O15S3/c1-58-29-13-9-25(10-14-29)40-26-11-15-30-24(16-26)17-37(63(55,56)57)38(39(30)46)44-43-32-21-33(59-2)31(20-34(32)60-3)42-41-27-8-6-22(35(18-27)61(49,50)51)4-5-23-7-12-28(45(47)48)19-36(23)62(52,53)54/h4-21,40,46H,1-3H3,(H,49,50,51)(H,52,53,54)(H,55,56,57). The molecule has 0 aliphatic heterocycles. The molecule has 0 amide bonds. The molecule has 0 aliphatic carbocycles. The van der Waals surface area contributed by atoms with Crippen LogP contribution in [0.3, 0.4) is 0 Å². The number of nitrogens with one attached hydrogen (secondary N) is 1. The summed E-state index contributed by atoms with van der Waals surface area (Å²) in [4.78, 5) is 7.99. The number of nitro groups is 1. The molecule has 21 nitrogen and oxygen atoms in total. The molecule has 6 aromatic rings. The number of azo groups is 2. The first-order chi connectivity index (χ1) is 29.7. The monoisotopic (exact) mass is 920 g/mol. The number of nitrogens with zero attached hydrogens (tertiary/aromatic N) is 5. The van der Waals surface area contributed by atoms with E-state index < -0.39 is 67.1 Å². The summed E-state index contributed by atoms with van der Waals surface area (Å²) >= 11 is 0. The molecular weight excluding hydrogens is 889 g/mol. The average molecular weight is 921 g/mol. The highest BCUT2D eigenvalue weighted by atomic mass is 32.2. The van der Waals surface area contributed by atoms with E-state index in [9.17, 15) is 54.1 Å². The van der Waals surface area contributed by atoms with Gasteiger partial charge in [-0.25, -0.2) is 0 Å². The number of hydrogen-bond acceptors (Lipinski definition) is 17. The van der Waals surface area contributed by atoms with Gasteiger partial charge in [0.2, 0.25) is 0 Å². The molecule has 326 valence electrons. The maximum Gasteiger partial charge on any atom is 0.296 e. The number of aromatic hydroxyl groups is 1. The third kappa shape index (κ3) is 10.4. The van der Waals surface area contributed by atoms with Crippen molar-refractivity contribution in [2.75, 3.05) is 26.6 Å². The van der Waals surface area contributed by atoms with Gasteiger partial charge in [-0.3, -0.25) is 23.8 Å². The van der Waals surface area contributed by atoms with Crippen molar-refractivity contribution in [2.24, 2.45) is 20.5 Å². The lowest BCUT2D eigenvalue weighted by Gasteiger charge is -2.12. The summed E-state index contributed by atoms with van der Waals surface area (Å²) in [7, 11) is -10.8. The maximum absolute atomic E-state index is 12.6. The Balaban J connectivity index is 1.31. The van der Waals surface area contributed by atoms with Crippen molar-refractivity contribution < 1.29 is 63.2 Å². The van der Waals surface area contributed by atoms with E-state index in [0.717, 1.165) is 36.4 Å². The molecule has 63 heavy (non-hydrogen) atoms. The molecule has 6 rings (SSSR count). The quantitative estimate of drug-likeness (QED) is 0.0211. The number of benzene rings is 6. The Morgan fingerprint density at radius 1 is 0.603 bits per heavy atom. The second-order valence-corrected chi connectivity index (χ2v) is 17.1. The van der Waals surface area contributed by atoms with Gasteiger partial charge in [0.1, 0.15) is 49.0 Å². The summed E-state index contributed by atoms with van der Waals surface area (Å²) in [6, 6.07) is 21.4. The summed E-state index contributed by atoms with van der Waals surface area (Å²) in [6.07, 6.45) is 2.13. The molecule has 0 spiro atoms. The Morgan fingerprint density at radius 2 is 1.14 bits per heavy atom. The van der Waals surface area contributed by atoms with Crippen LogP contribution in [0.2, 0.25) is 0 Å². The summed E-state index contributed by atoms with van der Waals surface area (Å²) in [5, 5.41) is 42.1. The lowest BCUT2D eigenvalue weighted by atomic mass is 10.1. The van der Waals surface area contributed by atoms with E-state index >= 15 is 0 Å². The summed E-state index contributed by atoms with van der Waals surface area (Å²) in [6.45, 7) is 0. The van der Waals surface area contributed by atoms with E-state index in [1.165, 1.54) is 51.7 Å². The number of phenolic OH excluding ortho intramolecular Hbond substituents is 1. The van der Waals surface area contributed by atoms with Crippen LogP contribution >= 0.6 is 0 Å². The first-order valence-electron chi connectivity index (χ1n) is 17.5. The highest BCUT2D eigenvalue weighted by molar-refractivity contribution is 7.86. The molecule has 0 heterocycles. The van der Waals surface area contributed by atoms with Crippen LogP contribution in [0.4, 0.5) is 39.8 Å². The van der Waals surface area contributed by atoms with Gasteiger partial charge in [0.25, 0.3) is 36.0 Å². The highest BCUT2D eigenvalue weighted by Crippen LogP contribution is 2.45. The van der Waals surface area contributed by atoms with Gasteiger partial charge < -0.3 is 24.6 Å². The number of anilines is 2. The number of fused-ring (bicyclic) bond motifs is 1. The minimum Gasteiger partial charge on any atom is -0.505 e. The normalized spacial score (nSPS) is 12.3. The van der Waals surface area contributed by atoms with Crippen LogP contribution in [0, 0.1) is 10.1 Å². The zero-order valence-electron chi connectivity index (χ0n) is 32.6. The van der Waals surface area contributed by atoms with Crippen LogP contribution in [0.25, 0.3) is 22.9 Å². The molecule has 0 aromatic heterocycles. The van der Waals surface area contributed by atoms with Crippen molar-refractivity contribution in [3.8, 4) is 23.0 Å². The van der Waals surface area contributed by atoms with Gasteiger partial charge >= 0.3 is 0 Å². The molecule has 0 bridgehead atoms. The Bertz CT molecular complexity index is 3230. The predicted molar refractivity (Wildman–Crippen MR) is 228 cm³/mol. The van der Waals surface area contributed by atoms with E-state index in [4.69, 9.17) is 14.2 Å². The molecule has 0 saturated heterocycles. The van der Waals surface area contributed by atoms with E-state index in [2.05, 4.69) is 25.8 Å². The van der Waals surface area contributed by atoms with Crippen LogP contribution in [0.5, 0.6) is 23.0 Å². The summed E-state index contributed by atoms with van der Waals surface area (Å²) in [5.41, 5.74) is -0.613. The number of rotatable bonds is 15. The topological polar surface area (TPSA) is 316 Å². The van der Waals surface area contributed by atoms with E-state index in [0.29, 0.717) is 23.2 Å². The molecule has 5 N–H and O–H groups in total. The fourth-order valence-electron chi connectivity index (χ4n) is 5.92. The molecule has 0 atom stereocenters. The SMILES string of the molecule is COc1ccc(Nc2ccc3c(O)c(N=Nc4cc(OC)c(N=Nc5ccc(C=Cc6ccc([N+](=O)[O-])cc6S(=O)(=O)O)c(S(=O)(=O)O)c5)cc4OC)c(S(=O)(=O)O)cc3c2)cc1. The fourth-order valence-corrected chi connectivity index (χ4v) is 7.99. The number of phenols is 1. The molecule has 0 aliphatic rings. The first-order valence-corrected chi connectivity index (χ1v) is 21.9. The Kier molecular flexibility index (Phi) is 12.9. The number of non-ortho nitro benzene ring substituents is 1. The van der Waals surface area contributed by atoms with Crippen molar-refractivity contribution in [3.05, 3.63) is 118 Å². The van der Waals surface area contributed by atoms with E-state index in [-0.39, 0.29) is 50.5 Å². The third-order valence-corrected chi connectivity index (χ3v) is 11.6. The van der Waals surface area contributed by atoms with Crippen molar-refractivity contribution in [1.82, 2.24) is 0 Å². The highest BCUT2D eigenvalue weighted by Gasteiger charge is 2.24. The Morgan fingerprint density at radius 3 is 1.68 bits per heavy atom. The smallest absolute Gasteiger partial charge is 0.296 e. The van der Waals surface area contributed by atoms with Crippen LogP contribution < -0.4 is 19.5 Å². The summed E-state index contributed by atoms with van der Waals surface area (Å²) in [5.74, 6) is -0.00156.